The first-order valence-corrected chi connectivity index (χ1v) is 6.42. The van der Waals surface area contributed by atoms with E-state index in [1.54, 1.807) is 0 Å². The van der Waals surface area contributed by atoms with E-state index in [0.29, 0.717) is 18.4 Å². The zero-order valence-electron chi connectivity index (χ0n) is 11.0. The standard InChI is InChI=1S/C13H16FNO5/c1-2-3-8-4-9(15(17)18)5-10(14)13(8)20-12-7-19-6-11(12)16/h4-5,11-12,16H,2-3,6-7H2,1H3/t11-,12-/m1/s1. The molecule has 1 fully saturated rings. The van der Waals surface area contributed by atoms with Crippen LogP contribution in [0.4, 0.5) is 10.1 Å². The third-order valence-electron chi connectivity index (χ3n) is 3.10. The Morgan fingerprint density at radius 3 is 2.85 bits per heavy atom. The van der Waals surface area contributed by atoms with Gasteiger partial charge >= 0.3 is 0 Å². The summed E-state index contributed by atoms with van der Waals surface area (Å²) in [4.78, 5) is 10.1. The van der Waals surface area contributed by atoms with Gasteiger partial charge in [0.05, 0.1) is 24.2 Å². The minimum Gasteiger partial charge on any atom is -0.482 e. The normalized spacial score (nSPS) is 21.9. The third-order valence-corrected chi connectivity index (χ3v) is 3.10. The van der Waals surface area contributed by atoms with E-state index in [2.05, 4.69) is 0 Å². The Balaban J connectivity index is 2.32. The molecule has 0 radical (unpaired) electrons. The fraction of sp³-hybridized carbons (Fsp3) is 0.538. The first kappa shape index (κ1) is 14.7. The van der Waals surface area contributed by atoms with Crippen LogP contribution in [0.25, 0.3) is 0 Å². The molecule has 1 aliphatic rings. The fourth-order valence-corrected chi connectivity index (χ4v) is 2.11. The molecule has 6 nitrogen and oxygen atoms in total. The molecule has 2 atom stereocenters. The lowest BCUT2D eigenvalue weighted by molar-refractivity contribution is -0.385. The average Bonchev–Trinajstić information content (AvgIpc) is 2.79. The lowest BCUT2D eigenvalue weighted by Gasteiger charge is -2.18. The molecule has 2 rings (SSSR count). The number of rotatable bonds is 5. The number of hydrogen-bond acceptors (Lipinski definition) is 5. The van der Waals surface area contributed by atoms with Crippen LogP contribution in [0, 0.1) is 15.9 Å². The SMILES string of the molecule is CCCc1cc([N+](=O)[O-])cc(F)c1O[C@@H]1COC[C@H]1O. The quantitative estimate of drug-likeness (QED) is 0.659. The molecule has 0 amide bonds. The van der Waals surface area contributed by atoms with Crippen LogP contribution in [0.3, 0.4) is 0 Å². The van der Waals surface area contributed by atoms with E-state index in [-0.39, 0.29) is 24.7 Å². The van der Waals surface area contributed by atoms with Crippen LogP contribution in [0.5, 0.6) is 5.75 Å². The zero-order valence-corrected chi connectivity index (χ0v) is 11.0. The Labute approximate surface area is 115 Å². The van der Waals surface area contributed by atoms with Crippen LogP contribution >= 0.6 is 0 Å². The molecule has 1 aliphatic heterocycles. The molecular weight excluding hydrogens is 269 g/mol. The van der Waals surface area contributed by atoms with Gasteiger partial charge in [0, 0.05) is 11.6 Å². The van der Waals surface area contributed by atoms with Gasteiger partial charge in [-0.15, -0.1) is 0 Å². The molecule has 0 aliphatic carbocycles. The van der Waals surface area contributed by atoms with Crippen molar-refractivity contribution in [2.24, 2.45) is 0 Å². The summed E-state index contributed by atoms with van der Waals surface area (Å²) in [5.74, 6) is -0.825. The van der Waals surface area contributed by atoms with Gasteiger partial charge in [-0.2, -0.15) is 0 Å². The van der Waals surface area contributed by atoms with Crippen molar-refractivity contribution in [3.05, 3.63) is 33.6 Å². The van der Waals surface area contributed by atoms with Crippen molar-refractivity contribution in [3.63, 3.8) is 0 Å². The van der Waals surface area contributed by atoms with E-state index in [9.17, 15) is 19.6 Å². The smallest absolute Gasteiger partial charge is 0.272 e. The van der Waals surface area contributed by atoms with E-state index >= 15 is 0 Å². The maximum absolute atomic E-state index is 14.0. The molecule has 0 spiro atoms. The Morgan fingerprint density at radius 2 is 2.30 bits per heavy atom. The van der Waals surface area contributed by atoms with Crippen molar-refractivity contribution in [2.75, 3.05) is 13.2 Å². The van der Waals surface area contributed by atoms with Crippen LogP contribution < -0.4 is 4.74 Å². The van der Waals surface area contributed by atoms with Gasteiger partial charge in [0.2, 0.25) is 0 Å². The number of aliphatic hydroxyl groups is 1. The second-order valence-corrected chi connectivity index (χ2v) is 4.68. The van der Waals surface area contributed by atoms with Gasteiger partial charge in [-0.05, 0) is 6.42 Å². The number of nitrogens with zero attached hydrogens (tertiary/aromatic N) is 1. The molecule has 1 heterocycles. The molecule has 110 valence electrons. The summed E-state index contributed by atoms with van der Waals surface area (Å²) in [6, 6.07) is 2.14. The molecule has 20 heavy (non-hydrogen) atoms. The summed E-state index contributed by atoms with van der Waals surface area (Å²) < 4.78 is 24.5. The highest BCUT2D eigenvalue weighted by Crippen LogP contribution is 2.31. The third kappa shape index (κ3) is 3.05. The Hall–Kier alpha value is -1.73. The first-order chi connectivity index (χ1) is 9.52. The molecule has 0 unspecified atom stereocenters. The molecule has 0 bridgehead atoms. The Kier molecular flexibility index (Phi) is 4.51. The van der Waals surface area contributed by atoms with Crippen LogP contribution in [-0.4, -0.2) is 35.5 Å². The van der Waals surface area contributed by atoms with Gasteiger partial charge in [0.15, 0.2) is 17.7 Å². The summed E-state index contributed by atoms with van der Waals surface area (Å²) in [5.41, 5.74) is 0.125. The van der Waals surface area contributed by atoms with Crippen LogP contribution in [-0.2, 0) is 11.2 Å². The lowest BCUT2D eigenvalue weighted by atomic mass is 10.1. The van der Waals surface area contributed by atoms with Gasteiger partial charge in [-0.1, -0.05) is 13.3 Å². The van der Waals surface area contributed by atoms with E-state index in [4.69, 9.17) is 9.47 Å². The number of hydrogen-bond donors (Lipinski definition) is 1. The highest BCUT2D eigenvalue weighted by Gasteiger charge is 2.30. The summed E-state index contributed by atoms with van der Waals surface area (Å²) >= 11 is 0. The van der Waals surface area contributed by atoms with Gasteiger partial charge in [0.1, 0.15) is 6.10 Å². The molecule has 0 saturated carbocycles. The molecule has 0 aromatic heterocycles. The van der Waals surface area contributed by atoms with Crippen LogP contribution in [0.15, 0.2) is 12.1 Å². The summed E-state index contributed by atoms with van der Waals surface area (Å²) in [6.45, 7) is 2.19. The number of aliphatic hydroxyl groups excluding tert-OH is 1. The number of nitro groups is 1. The maximum Gasteiger partial charge on any atom is 0.272 e. The predicted molar refractivity (Wildman–Crippen MR) is 68.3 cm³/mol. The molecular formula is C13H16FNO5. The highest BCUT2D eigenvalue weighted by atomic mass is 19.1. The molecule has 1 aromatic carbocycles. The van der Waals surface area contributed by atoms with Crippen molar-refractivity contribution >= 4 is 5.69 Å². The summed E-state index contributed by atoms with van der Waals surface area (Å²) in [6.07, 6.45) is -0.321. The first-order valence-electron chi connectivity index (χ1n) is 6.42. The minimum atomic E-state index is -0.820. The van der Waals surface area contributed by atoms with Gasteiger partial charge in [0.25, 0.3) is 5.69 Å². The Bertz CT molecular complexity index is 508. The number of benzene rings is 1. The fourth-order valence-electron chi connectivity index (χ4n) is 2.11. The second kappa shape index (κ2) is 6.15. The second-order valence-electron chi connectivity index (χ2n) is 4.68. The van der Waals surface area contributed by atoms with Crippen LogP contribution in [0.1, 0.15) is 18.9 Å². The van der Waals surface area contributed by atoms with E-state index < -0.39 is 22.9 Å². The van der Waals surface area contributed by atoms with Gasteiger partial charge in [-0.25, -0.2) is 4.39 Å². The summed E-state index contributed by atoms with van der Waals surface area (Å²) in [5, 5.41) is 20.4. The number of non-ortho nitro benzene ring substituents is 1. The zero-order chi connectivity index (χ0) is 14.7. The average molecular weight is 285 g/mol. The molecule has 1 saturated heterocycles. The maximum atomic E-state index is 14.0. The van der Waals surface area contributed by atoms with Crippen molar-refractivity contribution in [1.82, 2.24) is 0 Å². The minimum absolute atomic E-state index is 0.0352. The summed E-state index contributed by atoms with van der Waals surface area (Å²) in [7, 11) is 0. The van der Waals surface area contributed by atoms with E-state index in [0.717, 1.165) is 6.07 Å². The molecule has 1 N–H and O–H groups in total. The van der Waals surface area contributed by atoms with Crippen LogP contribution in [0.2, 0.25) is 0 Å². The number of nitro benzene ring substituents is 1. The van der Waals surface area contributed by atoms with Crippen molar-refractivity contribution < 1.29 is 23.9 Å². The monoisotopic (exact) mass is 285 g/mol. The highest BCUT2D eigenvalue weighted by molar-refractivity contribution is 5.45. The van der Waals surface area contributed by atoms with E-state index in [1.165, 1.54) is 6.07 Å². The largest absolute Gasteiger partial charge is 0.482 e. The van der Waals surface area contributed by atoms with Gasteiger partial charge < -0.3 is 14.6 Å². The van der Waals surface area contributed by atoms with Crippen molar-refractivity contribution in [2.45, 2.75) is 32.0 Å². The number of halogens is 1. The predicted octanol–water partition coefficient (Wildman–Crippen LogP) is 1.82. The molecule has 1 aromatic rings. The topological polar surface area (TPSA) is 81.8 Å². The molecule has 7 heteroatoms. The lowest BCUT2D eigenvalue weighted by Crippen LogP contribution is -2.30. The van der Waals surface area contributed by atoms with Crippen molar-refractivity contribution in [1.29, 1.82) is 0 Å². The number of ether oxygens (including phenoxy) is 2. The number of aryl methyl sites for hydroxylation is 1. The van der Waals surface area contributed by atoms with E-state index in [1.807, 2.05) is 6.92 Å². The Morgan fingerprint density at radius 1 is 1.55 bits per heavy atom. The van der Waals surface area contributed by atoms with Gasteiger partial charge in [-0.3, -0.25) is 10.1 Å². The van der Waals surface area contributed by atoms with Crippen molar-refractivity contribution in [3.8, 4) is 5.75 Å².